The quantitative estimate of drug-likeness (QED) is 0.817. The number of carbonyl (C=O) groups is 1. The fourth-order valence-corrected chi connectivity index (χ4v) is 3.26. The third-order valence-electron chi connectivity index (χ3n) is 4.50. The van der Waals surface area contributed by atoms with Gasteiger partial charge in [0, 0.05) is 19.1 Å². The van der Waals surface area contributed by atoms with E-state index in [4.69, 9.17) is 0 Å². The minimum atomic E-state index is 0.284. The molecule has 3 heteroatoms. The molecule has 1 amide bonds. The van der Waals surface area contributed by atoms with Crippen LogP contribution < -0.4 is 5.32 Å². The molecule has 0 radical (unpaired) electrons. The smallest absolute Gasteiger partial charge is 0.236 e. The molecule has 0 atom stereocenters. The number of amides is 1. The normalized spacial score (nSPS) is 23.6. The molecule has 0 bridgehead atoms. The van der Waals surface area contributed by atoms with E-state index in [0.29, 0.717) is 18.0 Å². The summed E-state index contributed by atoms with van der Waals surface area (Å²) in [5, 5.41) is 3.21. The first kappa shape index (κ1) is 12.9. The lowest BCUT2D eigenvalue weighted by Gasteiger charge is -2.39. The van der Waals surface area contributed by atoms with E-state index in [1.807, 2.05) is 0 Å². The first-order valence-corrected chi connectivity index (χ1v) is 7.12. The number of piperidine rings is 1. The molecule has 0 unspecified atom stereocenters. The van der Waals surface area contributed by atoms with Gasteiger partial charge in [-0.25, -0.2) is 0 Å². The molecule has 1 heterocycles. The zero-order valence-electron chi connectivity index (χ0n) is 11.3. The number of nitrogens with one attached hydrogen (secondary N) is 1. The standard InChI is InChI=1S/C14H26N2O/c1-12(2)15-11-13(17)16-9-7-14(8-10-16)5-3-4-6-14/h12,15H,3-11H2,1-2H3. The van der Waals surface area contributed by atoms with Gasteiger partial charge < -0.3 is 10.2 Å². The molecule has 1 spiro atoms. The molecular weight excluding hydrogens is 212 g/mol. The summed E-state index contributed by atoms with van der Waals surface area (Å²) >= 11 is 0. The van der Waals surface area contributed by atoms with Crippen molar-refractivity contribution in [3.63, 3.8) is 0 Å². The Labute approximate surface area is 105 Å². The van der Waals surface area contributed by atoms with Crippen LogP contribution in [0, 0.1) is 5.41 Å². The average Bonchev–Trinajstić information content (AvgIpc) is 2.75. The van der Waals surface area contributed by atoms with E-state index in [1.165, 1.54) is 38.5 Å². The van der Waals surface area contributed by atoms with Crippen molar-refractivity contribution in [1.82, 2.24) is 10.2 Å². The van der Waals surface area contributed by atoms with Crippen LogP contribution >= 0.6 is 0 Å². The Hall–Kier alpha value is -0.570. The molecule has 0 aromatic carbocycles. The highest BCUT2D eigenvalue weighted by Crippen LogP contribution is 2.45. The summed E-state index contributed by atoms with van der Waals surface area (Å²) in [4.78, 5) is 14.0. The van der Waals surface area contributed by atoms with Gasteiger partial charge in [-0.3, -0.25) is 4.79 Å². The van der Waals surface area contributed by atoms with E-state index in [0.717, 1.165) is 13.1 Å². The maximum absolute atomic E-state index is 12.0. The molecule has 3 nitrogen and oxygen atoms in total. The van der Waals surface area contributed by atoms with Crippen LogP contribution in [0.2, 0.25) is 0 Å². The summed E-state index contributed by atoms with van der Waals surface area (Å²) in [5.74, 6) is 0.284. The predicted octanol–water partition coefficient (Wildman–Crippen LogP) is 2.17. The van der Waals surface area contributed by atoms with Gasteiger partial charge in [0.05, 0.1) is 6.54 Å². The van der Waals surface area contributed by atoms with E-state index in [2.05, 4.69) is 24.1 Å². The van der Waals surface area contributed by atoms with Crippen molar-refractivity contribution in [2.45, 2.75) is 58.4 Å². The van der Waals surface area contributed by atoms with Crippen LogP contribution in [0.4, 0.5) is 0 Å². The highest BCUT2D eigenvalue weighted by Gasteiger charge is 2.37. The Morgan fingerprint density at radius 2 is 1.76 bits per heavy atom. The molecule has 0 aromatic heterocycles. The van der Waals surface area contributed by atoms with Crippen molar-refractivity contribution in [3.05, 3.63) is 0 Å². The first-order valence-electron chi connectivity index (χ1n) is 7.12. The van der Waals surface area contributed by atoms with Crippen LogP contribution in [0.15, 0.2) is 0 Å². The fraction of sp³-hybridized carbons (Fsp3) is 0.929. The number of carbonyl (C=O) groups excluding carboxylic acids is 1. The van der Waals surface area contributed by atoms with E-state index in [1.54, 1.807) is 0 Å². The Morgan fingerprint density at radius 3 is 2.29 bits per heavy atom. The summed E-state index contributed by atoms with van der Waals surface area (Å²) < 4.78 is 0. The Bertz CT molecular complexity index is 259. The lowest BCUT2D eigenvalue weighted by atomic mass is 9.77. The van der Waals surface area contributed by atoms with Crippen LogP contribution in [0.5, 0.6) is 0 Å². The number of nitrogens with zero attached hydrogens (tertiary/aromatic N) is 1. The molecular formula is C14H26N2O. The molecule has 1 aliphatic carbocycles. The Balaban J connectivity index is 1.76. The maximum atomic E-state index is 12.0. The van der Waals surface area contributed by atoms with Crippen molar-refractivity contribution in [1.29, 1.82) is 0 Å². The van der Waals surface area contributed by atoms with Gasteiger partial charge in [0.25, 0.3) is 0 Å². The second-order valence-electron chi connectivity index (χ2n) is 6.12. The SMILES string of the molecule is CC(C)NCC(=O)N1CCC2(CCCC2)CC1. The summed E-state index contributed by atoms with van der Waals surface area (Å²) in [6, 6.07) is 0.393. The largest absolute Gasteiger partial charge is 0.342 e. The van der Waals surface area contributed by atoms with Crippen molar-refractivity contribution >= 4 is 5.91 Å². The Kier molecular flexibility index (Phi) is 4.08. The summed E-state index contributed by atoms with van der Waals surface area (Å²) in [7, 11) is 0. The molecule has 0 aromatic rings. The van der Waals surface area contributed by atoms with Crippen molar-refractivity contribution < 1.29 is 4.79 Å². The lowest BCUT2D eigenvalue weighted by Crippen LogP contribution is -2.46. The summed E-state index contributed by atoms with van der Waals surface area (Å²) in [6.45, 7) is 6.63. The fourth-order valence-electron chi connectivity index (χ4n) is 3.26. The van der Waals surface area contributed by atoms with Crippen molar-refractivity contribution in [2.75, 3.05) is 19.6 Å². The second kappa shape index (κ2) is 5.38. The van der Waals surface area contributed by atoms with Gasteiger partial charge in [0.1, 0.15) is 0 Å². The van der Waals surface area contributed by atoms with E-state index in [9.17, 15) is 4.79 Å². The van der Waals surface area contributed by atoms with Crippen molar-refractivity contribution in [2.24, 2.45) is 5.41 Å². The molecule has 1 aliphatic heterocycles. The lowest BCUT2D eigenvalue weighted by molar-refractivity contribution is -0.132. The topological polar surface area (TPSA) is 32.3 Å². The van der Waals surface area contributed by atoms with Gasteiger partial charge in [-0.1, -0.05) is 26.7 Å². The van der Waals surface area contributed by atoms with Crippen LogP contribution in [0.25, 0.3) is 0 Å². The third kappa shape index (κ3) is 3.21. The number of hydrogen-bond acceptors (Lipinski definition) is 2. The van der Waals surface area contributed by atoms with Crippen LogP contribution in [0.3, 0.4) is 0 Å². The summed E-state index contributed by atoms with van der Waals surface area (Å²) in [5.41, 5.74) is 0.613. The third-order valence-corrected chi connectivity index (χ3v) is 4.50. The number of hydrogen-bond donors (Lipinski definition) is 1. The first-order chi connectivity index (χ1) is 8.11. The van der Waals surface area contributed by atoms with Gasteiger partial charge >= 0.3 is 0 Å². The average molecular weight is 238 g/mol. The zero-order chi connectivity index (χ0) is 12.3. The molecule has 2 fully saturated rings. The summed E-state index contributed by atoms with van der Waals surface area (Å²) in [6.07, 6.45) is 8.09. The monoisotopic (exact) mass is 238 g/mol. The van der Waals surface area contributed by atoms with Crippen LogP contribution in [-0.2, 0) is 4.79 Å². The zero-order valence-corrected chi connectivity index (χ0v) is 11.3. The second-order valence-corrected chi connectivity index (χ2v) is 6.12. The van der Waals surface area contributed by atoms with E-state index >= 15 is 0 Å². The van der Waals surface area contributed by atoms with Crippen molar-refractivity contribution in [3.8, 4) is 0 Å². The predicted molar refractivity (Wildman–Crippen MR) is 69.9 cm³/mol. The van der Waals surface area contributed by atoms with E-state index in [-0.39, 0.29) is 5.91 Å². The highest BCUT2D eigenvalue weighted by molar-refractivity contribution is 5.78. The van der Waals surface area contributed by atoms with Gasteiger partial charge in [0.15, 0.2) is 0 Å². The number of likely N-dealkylation sites (tertiary alicyclic amines) is 1. The minimum absolute atomic E-state index is 0.284. The van der Waals surface area contributed by atoms with Gasteiger partial charge in [0.2, 0.25) is 5.91 Å². The number of rotatable bonds is 3. The van der Waals surface area contributed by atoms with E-state index < -0.39 is 0 Å². The molecule has 98 valence electrons. The maximum Gasteiger partial charge on any atom is 0.236 e. The molecule has 17 heavy (non-hydrogen) atoms. The van der Waals surface area contributed by atoms with Gasteiger partial charge in [-0.2, -0.15) is 0 Å². The Morgan fingerprint density at radius 1 is 1.18 bits per heavy atom. The van der Waals surface area contributed by atoms with Crippen LogP contribution in [-0.4, -0.2) is 36.5 Å². The molecule has 2 aliphatic rings. The molecule has 1 saturated carbocycles. The van der Waals surface area contributed by atoms with Gasteiger partial charge in [-0.15, -0.1) is 0 Å². The highest BCUT2D eigenvalue weighted by atomic mass is 16.2. The molecule has 2 rings (SSSR count). The molecule has 1 saturated heterocycles. The molecule has 1 N–H and O–H groups in total. The van der Waals surface area contributed by atoms with Crippen LogP contribution in [0.1, 0.15) is 52.4 Å². The minimum Gasteiger partial charge on any atom is -0.342 e. The van der Waals surface area contributed by atoms with Gasteiger partial charge in [-0.05, 0) is 31.1 Å².